The summed E-state index contributed by atoms with van der Waals surface area (Å²) in [5.74, 6) is 2.60. The molecule has 0 saturated heterocycles. The fourth-order valence-electron chi connectivity index (χ4n) is 4.39. The van der Waals surface area contributed by atoms with E-state index in [1.54, 1.807) is 0 Å². The highest BCUT2D eigenvalue weighted by Crippen LogP contribution is 2.33. The van der Waals surface area contributed by atoms with Crippen molar-refractivity contribution in [2.75, 3.05) is 6.79 Å². The van der Waals surface area contributed by atoms with Crippen LogP contribution in [0.25, 0.3) is 11.4 Å². The van der Waals surface area contributed by atoms with Gasteiger partial charge in [-0.05, 0) is 36.1 Å². The van der Waals surface area contributed by atoms with Crippen LogP contribution in [0.15, 0.2) is 78.9 Å². The number of rotatable bonds is 10. The van der Waals surface area contributed by atoms with Crippen molar-refractivity contribution in [3.05, 3.63) is 101 Å². The zero-order chi connectivity index (χ0) is 23.2. The van der Waals surface area contributed by atoms with Crippen molar-refractivity contribution in [1.29, 1.82) is 0 Å². The van der Waals surface area contributed by atoms with Crippen molar-refractivity contribution in [3.63, 3.8) is 0 Å². The minimum absolute atomic E-state index is 0.295. The first-order valence-electron chi connectivity index (χ1n) is 12.1. The van der Waals surface area contributed by atoms with Gasteiger partial charge >= 0.3 is 0 Å². The Hall–Kier alpha value is -3.57. The highest BCUT2D eigenvalue weighted by atomic mass is 16.7. The molecule has 0 fully saturated rings. The molecule has 174 valence electrons. The zero-order valence-electron chi connectivity index (χ0n) is 19.7. The molecule has 5 heteroatoms. The summed E-state index contributed by atoms with van der Waals surface area (Å²) in [6, 6.07) is 27.3. The van der Waals surface area contributed by atoms with Crippen LogP contribution in [-0.2, 0) is 26.1 Å². The monoisotopic (exact) mass is 453 g/mol. The average molecular weight is 454 g/mol. The first-order valence-corrected chi connectivity index (χ1v) is 12.1. The molecule has 0 bridgehead atoms. The lowest BCUT2D eigenvalue weighted by molar-refractivity contribution is 0.174. The van der Waals surface area contributed by atoms with E-state index in [2.05, 4.69) is 83.5 Å². The van der Waals surface area contributed by atoms with E-state index in [9.17, 15) is 0 Å². The third kappa shape index (κ3) is 5.32. The lowest BCUT2D eigenvalue weighted by atomic mass is 10.1. The van der Waals surface area contributed by atoms with Crippen LogP contribution in [0.5, 0.6) is 11.5 Å². The van der Waals surface area contributed by atoms with Crippen LogP contribution >= 0.6 is 0 Å². The topological polar surface area (TPSA) is 50.4 Å². The molecule has 0 atom stereocenters. The highest BCUT2D eigenvalue weighted by Gasteiger charge is 2.18. The number of nitrogens with zero attached hydrogens (tertiary/aromatic N) is 2. The summed E-state index contributed by atoms with van der Waals surface area (Å²) in [6.07, 6.45) is 3.27. The molecule has 1 N–H and O–H groups in total. The van der Waals surface area contributed by atoms with Gasteiger partial charge in [-0.1, -0.05) is 80.1 Å². The second-order valence-electron chi connectivity index (χ2n) is 8.80. The third-order valence-corrected chi connectivity index (χ3v) is 6.15. The van der Waals surface area contributed by atoms with Gasteiger partial charge in [-0.2, -0.15) is 0 Å². The molecule has 2 heterocycles. The van der Waals surface area contributed by atoms with Crippen molar-refractivity contribution in [2.45, 2.75) is 45.8 Å². The molecule has 0 spiro atoms. The van der Waals surface area contributed by atoms with Crippen LogP contribution in [-0.4, -0.2) is 21.7 Å². The van der Waals surface area contributed by atoms with Gasteiger partial charge in [0.2, 0.25) is 6.79 Å². The number of ether oxygens (including phenoxy) is 2. The third-order valence-electron chi connectivity index (χ3n) is 6.15. The number of aromatic nitrogens is 2. The molecule has 0 amide bonds. The van der Waals surface area contributed by atoms with Gasteiger partial charge in [-0.15, -0.1) is 0 Å². The second kappa shape index (κ2) is 10.6. The molecule has 1 aliphatic heterocycles. The summed E-state index contributed by atoms with van der Waals surface area (Å²) < 4.78 is 11.1. The number of hydrogen-bond donors (Lipinski definition) is 1. The van der Waals surface area contributed by atoms with E-state index < -0.39 is 0 Å². The maximum Gasteiger partial charge on any atom is 0.231 e. The maximum absolute atomic E-state index is 5.62. The highest BCUT2D eigenvalue weighted by molar-refractivity contribution is 5.55. The summed E-state index contributed by atoms with van der Waals surface area (Å²) in [5.41, 5.74) is 5.99. The quantitative estimate of drug-likeness (QED) is 0.304. The van der Waals surface area contributed by atoms with Crippen LogP contribution in [0.2, 0.25) is 0 Å². The number of imidazole rings is 1. The van der Waals surface area contributed by atoms with Crippen molar-refractivity contribution in [2.24, 2.45) is 0 Å². The Labute approximate surface area is 201 Å². The van der Waals surface area contributed by atoms with Crippen molar-refractivity contribution >= 4 is 0 Å². The van der Waals surface area contributed by atoms with Crippen LogP contribution < -0.4 is 9.47 Å². The molecule has 0 aliphatic carbocycles. The fourth-order valence-corrected chi connectivity index (χ4v) is 4.39. The molecule has 3 aromatic carbocycles. The van der Waals surface area contributed by atoms with Gasteiger partial charge in [-0.3, -0.25) is 4.90 Å². The molecule has 34 heavy (non-hydrogen) atoms. The molecular weight excluding hydrogens is 422 g/mol. The van der Waals surface area contributed by atoms with Gasteiger partial charge in [0.1, 0.15) is 5.82 Å². The van der Waals surface area contributed by atoms with E-state index >= 15 is 0 Å². The van der Waals surface area contributed by atoms with Gasteiger partial charge in [0.05, 0.1) is 11.4 Å². The lowest BCUT2D eigenvalue weighted by Gasteiger charge is -2.23. The largest absolute Gasteiger partial charge is 0.454 e. The van der Waals surface area contributed by atoms with Gasteiger partial charge in [0.15, 0.2) is 11.5 Å². The number of benzene rings is 3. The zero-order valence-corrected chi connectivity index (χ0v) is 19.7. The lowest BCUT2D eigenvalue weighted by Crippen LogP contribution is -2.23. The Morgan fingerprint density at radius 2 is 1.56 bits per heavy atom. The van der Waals surface area contributed by atoms with Gasteiger partial charge in [0, 0.05) is 25.2 Å². The molecular formula is C29H31N3O2. The molecule has 1 aliphatic rings. The molecule has 0 unspecified atom stereocenters. The fraction of sp³-hybridized carbons (Fsp3) is 0.276. The SMILES string of the molecule is CCCCc1nc(-c2ccccc2)[nH]c1CN(Cc1ccccc1)Cc1ccc2c(c1)OCO2. The number of H-pyrrole nitrogens is 1. The predicted octanol–water partition coefficient (Wildman–Crippen LogP) is 6.35. The number of nitrogens with one attached hydrogen (secondary N) is 1. The minimum Gasteiger partial charge on any atom is -0.454 e. The molecule has 5 rings (SSSR count). The van der Waals surface area contributed by atoms with Crippen LogP contribution in [0, 0.1) is 0 Å². The number of aryl methyl sites for hydroxylation is 1. The predicted molar refractivity (Wildman–Crippen MR) is 135 cm³/mol. The summed E-state index contributed by atoms with van der Waals surface area (Å²) in [6.45, 7) is 4.97. The summed E-state index contributed by atoms with van der Waals surface area (Å²) in [5, 5.41) is 0. The van der Waals surface area contributed by atoms with Crippen molar-refractivity contribution in [3.8, 4) is 22.9 Å². The molecule has 4 aromatic rings. The van der Waals surface area contributed by atoms with Gasteiger partial charge in [0.25, 0.3) is 0 Å². The molecule has 1 aromatic heterocycles. The van der Waals surface area contributed by atoms with E-state index in [0.29, 0.717) is 6.79 Å². The number of hydrogen-bond acceptors (Lipinski definition) is 4. The van der Waals surface area contributed by atoms with E-state index in [1.165, 1.54) is 22.5 Å². The first-order chi connectivity index (χ1) is 16.8. The van der Waals surface area contributed by atoms with E-state index in [0.717, 1.165) is 61.8 Å². The Kier molecular flexibility index (Phi) is 6.91. The standard InChI is InChI=1S/C29H31N3O2/c1-2-3-14-25-26(31-29(30-25)24-12-8-5-9-13-24)20-32(18-22-10-6-4-7-11-22)19-23-15-16-27-28(17-23)34-21-33-27/h4-13,15-17H,2-3,14,18-21H2,1H3,(H,30,31). The number of unbranched alkanes of at least 4 members (excludes halogenated alkanes) is 1. The Balaban J connectivity index is 1.43. The van der Waals surface area contributed by atoms with Crippen molar-refractivity contribution in [1.82, 2.24) is 14.9 Å². The minimum atomic E-state index is 0.295. The molecule has 0 saturated carbocycles. The Morgan fingerprint density at radius 3 is 2.35 bits per heavy atom. The van der Waals surface area contributed by atoms with E-state index in [4.69, 9.17) is 14.5 Å². The van der Waals surface area contributed by atoms with E-state index in [-0.39, 0.29) is 0 Å². The Bertz CT molecular complexity index is 1200. The van der Waals surface area contributed by atoms with Gasteiger partial charge in [-0.25, -0.2) is 4.98 Å². The molecule has 5 nitrogen and oxygen atoms in total. The molecule has 0 radical (unpaired) electrons. The van der Waals surface area contributed by atoms with Crippen molar-refractivity contribution < 1.29 is 9.47 Å². The average Bonchev–Trinajstić information content (AvgIpc) is 3.50. The normalized spacial score (nSPS) is 12.4. The maximum atomic E-state index is 5.62. The second-order valence-corrected chi connectivity index (χ2v) is 8.80. The number of fused-ring (bicyclic) bond motifs is 1. The Morgan fingerprint density at radius 1 is 0.824 bits per heavy atom. The first kappa shape index (κ1) is 22.2. The van der Waals surface area contributed by atoms with Crippen LogP contribution in [0.1, 0.15) is 42.3 Å². The van der Waals surface area contributed by atoms with Crippen LogP contribution in [0.3, 0.4) is 0 Å². The van der Waals surface area contributed by atoms with Gasteiger partial charge < -0.3 is 14.5 Å². The van der Waals surface area contributed by atoms with Crippen LogP contribution in [0.4, 0.5) is 0 Å². The smallest absolute Gasteiger partial charge is 0.231 e. The summed E-state index contributed by atoms with van der Waals surface area (Å²) in [7, 11) is 0. The summed E-state index contributed by atoms with van der Waals surface area (Å²) in [4.78, 5) is 11.1. The summed E-state index contributed by atoms with van der Waals surface area (Å²) >= 11 is 0. The van der Waals surface area contributed by atoms with E-state index in [1.807, 2.05) is 12.1 Å². The number of aromatic amines is 1.